The van der Waals surface area contributed by atoms with Crippen LogP contribution in [-0.2, 0) is 4.79 Å². The summed E-state index contributed by atoms with van der Waals surface area (Å²) in [6.45, 7) is 7.44. The van der Waals surface area contributed by atoms with Gasteiger partial charge in [0.1, 0.15) is 0 Å². The van der Waals surface area contributed by atoms with E-state index in [4.69, 9.17) is 0 Å². The van der Waals surface area contributed by atoms with Gasteiger partial charge in [0.05, 0.1) is 0 Å². The smallest absolute Gasteiger partial charge is 0.224 e. The molecule has 0 atom stereocenters. The summed E-state index contributed by atoms with van der Waals surface area (Å²) in [5, 5.41) is 5.95. The Morgan fingerprint density at radius 2 is 1.80 bits per heavy atom. The molecule has 0 aromatic heterocycles. The van der Waals surface area contributed by atoms with Crippen LogP contribution >= 0.6 is 24.2 Å². The molecule has 0 unspecified atom stereocenters. The summed E-state index contributed by atoms with van der Waals surface area (Å²) in [5.74, 6) is 0.0754. The number of carbonyl (C=O) groups excluding carboxylic acids is 1. The van der Waals surface area contributed by atoms with Gasteiger partial charge in [0.15, 0.2) is 0 Å². The number of hydrogen-bond donors (Lipinski definition) is 2. The molecule has 114 valence electrons. The van der Waals surface area contributed by atoms with E-state index in [1.54, 1.807) is 0 Å². The molecule has 0 heterocycles. The first-order valence-corrected chi connectivity index (χ1v) is 7.46. The molecular formula is C15H25ClN2OS. The molecule has 0 saturated heterocycles. The largest absolute Gasteiger partial charge is 0.326 e. The van der Waals surface area contributed by atoms with Gasteiger partial charge in [-0.3, -0.25) is 4.79 Å². The Balaban J connectivity index is 0.00000361. The van der Waals surface area contributed by atoms with Crippen molar-refractivity contribution in [3.05, 3.63) is 24.3 Å². The maximum Gasteiger partial charge on any atom is 0.224 e. The summed E-state index contributed by atoms with van der Waals surface area (Å²) in [7, 11) is 1.89. The number of anilines is 1. The van der Waals surface area contributed by atoms with E-state index < -0.39 is 0 Å². The second-order valence-electron chi connectivity index (χ2n) is 5.49. The fourth-order valence-electron chi connectivity index (χ4n) is 1.61. The third-order valence-electron chi connectivity index (χ3n) is 2.39. The SMILES string of the molecule is CNCCCC(=O)Nc1ccc(SC(C)(C)C)cc1.Cl. The quantitative estimate of drug-likeness (QED) is 0.617. The maximum atomic E-state index is 11.7. The number of halogens is 1. The number of amides is 1. The van der Waals surface area contributed by atoms with Crippen LogP contribution in [0.1, 0.15) is 33.6 Å². The molecule has 1 amide bonds. The first-order valence-electron chi connectivity index (χ1n) is 6.64. The molecule has 0 radical (unpaired) electrons. The Morgan fingerprint density at radius 1 is 1.20 bits per heavy atom. The van der Waals surface area contributed by atoms with E-state index in [9.17, 15) is 4.79 Å². The molecule has 2 N–H and O–H groups in total. The summed E-state index contributed by atoms with van der Waals surface area (Å²) in [4.78, 5) is 12.9. The number of nitrogens with one attached hydrogen (secondary N) is 2. The van der Waals surface area contributed by atoms with Crippen LogP contribution in [0.2, 0.25) is 0 Å². The third-order valence-corrected chi connectivity index (χ3v) is 3.51. The minimum absolute atomic E-state index is 0. The lowest BCUT2D eigenvalue weighted by molar-refractivity contribution is -0.116. The third kappa shape index (κ3) is 8.46. The molecule has 5 heteroatoms. The summed E-state index contributed by atoms with van der Waals surface area (Å²) >= 11 is 1.82. The number of benzene rings is 1. The second-order valence-corrected chi connectivity index (χ2v) is 7.39. The van der Waals surface area contributed by atoms with Gasteiger partial charge in [0.2, 0.25) is 5.91 Å². The molecule has 1 rings (SSSR count). The first kappa shape index (κ1) is 19.3. The monoisotopic (exact) mass is 316 g/mol. The van der Waals surface area contributed by atoms with Crippen molar-refractivity contribution >= 4 is 35.8 Å². The zero-order chi connectivity index (χ0) is 14.3. The minimum Gasteiger partial charge on any atom is -0.326 e. The van der Waals surface area contributed by atoms with E-state index in [0.717, 1.165) is 18.7 Å². The predicted molar refractivity (Wildman–Crippen MR) is 91.1 cm³/mol. The molecule has 0 aliphatic carbocycles. The van der Waals surface area contributed by atoms with Crippen LogP contribution in [0, 0.1) is 0 Å². The van der Waals surface area contributed by atoms with Gasteiger partial charge >= 0.3 is 0 Å². The van der Waals surface area contributed by atoms with Gasteiger partial charge in [-0.15, -0.1) is 24.2 Å². The Bertz CT molecular complexity index is 401. The van der Waals surface area contributed by atoms with Crippen molar-refractivity contribution in [2.45, 2.75) is 43.3 Å². The maximum absolute atomic E-state index is 11.7. The number of rotatable bonds is 6. The van der Waals surface area contributed by atoms with Crippen LogP contribution in [0.25, 0.3) is 0 Å². The van der Waals surface area contributed by atoms with E-state index in [0.29, 0.717) is 6.42 Å². The van der Waals surface area contributed by atoms with Gasteiger partial charge in [-0.05, 0) is 44.3 Å². The van der Waals surface area contributed by atoms with Gasteiger partial charge in [-0.25, -0.2) is 0 Å². The van der Waals surface area contributed by atoms with Gasteiger partial charge in [0, 0.05) is 21.8 Å². The van der Waals surface area contributed by atoms with E-state index in [-0.39, 0.29) is 23.1 Å². The fraction of sp³-hybridized carbons (Fsp3) is 0.533. The van der Waals surface area contributed by atoms with E-state index in [1.807, 2.05) is 30.9 Å². The van der Waals surface area contributed by atoms with Crippen molar-refractivity contribution in [2.24, 2.45) is 0 Å². The van der Waals surface area contributed by atoms with Gasteiger partial charge in [-0.2, -0.15) is 0 Å². The highest BCUT2D eigenvalue weighted by atomic mass is 35.5. The molecule has 0 spiro atoms. The lowest BCUT2D eigenvalue weighted by atomic mass is 10.2. The molecule has 3 nitrogen and oxygen atoms in total. The lowest BCUT2D eigenvalue weighted by Crippen LogP contribution is -2.15. The van der Waals surface area contributed by atoms with Crippen molar-refractivity contribution in [3.63, 3.8) is 0 Å². The van der Waals surface area contributed by atoms with E-state index >= 15 is 0 Å². The fourth-order valence-corrected chi connectivity index (χ4v) is 2.59. The molecule has 1 aromatic carbocycles. The van der Waals surface area contributed by atoms with Crippen LogP contribution in [-0.4, -0.2) is 24.2 Å². The highest BCUT2D eigenvalue weighted by Crippen LogP contribution is 2.32. The molecule has 0 bridgehead atoms. The van der Waals surface area contributed by atoms with Crippen LogP contribution < -0.4 is 10.6 Å². The zero-order valence-electron chi connectivity index (χ0n) is 12.7. The molecule has 0 saturated carbocycles. The first-order chi connectivity index (χ1) is 8.90. The van der Waals surface area contributed by atoms with Crippen molar-refractivity contribution in [2.75, 3.05) is 18.9 Å². The number of thioether (sulfide) groups is 1. The lowest BCUT2D eigenvalue weighted by Gasteiger charge is -2.17. The van der Waals surface area contributed by atoms with Gasteiger partial charge in [0.25, 0.3) is 0 Å². The Kier molecular flexibility index (Phi) is 8.94. The second kappa shape index (κ2) is 9.27. The topological polar surface area (TPSA) is 41.1 Å². The van der Waals surface area contributed by atoms with Gasteiger partial charge in [-0.1, -0.05) is 20.8 Å². The molecule has 0 fully saturated rings. The standard InChI is InChI=1S/C15H24N2OS.ClH/c1-15(2,3)19-13-9-7-12(8-10-13)17-14(18)6-5-11-16-4;/h7-10,16H,5-6,11H2,1-4H3,(H,17,18);1H. The molecule has 1 aromatic rings. The zero-order valence-corrected chi connectivity index (χ0v) is 14.3. The van der Waals surface area contributed by atoms with Crippen molar-refractivity contribution in [1.82, 2.24) is 5.32 Å². The summed E-state index contributed by atoms with van der Waals surface area (Å²) in [6.07, 6.45) is 1.42. The van der Waals surface area contributed by atoms with Crippen molar-refractivity contribution in [3.8, 4) is 0 Å². The highest BCUT2D eigenvalue weighted by Gasteiger charge is 2.11. The van der Waals surface area contributed by atoms with Crippen molar-refractivity contribution < 1.29 is 4.79 Å². The van der Waals surface area contributed by atoms with Crippen LogP contribution in [0.4, 0.5) is 5.69 Å². The Morgan fingerprint density at radius 3 is 2.30 bits per heavy atom. The van der Waals surface area contributed by atoms with Crippen molar-refractivity contribution in [1.29, 1.82) is 0 Å². The molecule has 20 heavy (non-hydrogen) atoms. The average molecular weight is 317 g/mol. The Hall–Kier alpha value is -0.710. The van der Waals surface area contributed by atoms with E-state index in [2.05, 4.69) is 43.5 Å². The summed E-state index contributed by atoms with van der Waals surface area (Å²) in [5.41, 5.74) is 0.868. The Labute approximate surface area is 132 Å². The van der Waals surface area contributed by atoms with Crippen LogP contribution in [0.3, 0.4) is 0 Å². The highest BCUT2D eigenvalue weighted by molar-refractivity contribution is 8.00. The van der Waals surface area contributed by atoms with Crippen LogP contribution in [0.15, 0.2) is 29.2 Å². The summed E-state index contributed by atoms with van der Waals surface area (Å²) < 4.78 is 0.206. The number of carbonyl (C=O) groups is 1. The van der Waals surface area contributed by atoms with E-state index in [1.165, 1.54) is 4.90 Å². The predicted octanol–water partition coefficient (Wildman–Crippen LogP) is 3.94. The normalized spacial score (nSPS) is 10.8. The average Bonchev–Trinajstić information content (AvgIpc) is 2.30. The molecule has 0 aliphatic heterocycles. The number of hydrogen-bond acceptors (Lipinski definition) is 3. The molecular weight excluding hydrogens is 292 g/mol. The summed E-state index contributed by atoms with van der Waals surface area (Å²) in [6, 6.07) is 8.03. The minimum atomic E-state index is 0. The van der Waals surface area contributed by atoms with Gasteiger partial charge < -0.3 is 10.6 Å². The van der Waals surface area contributed by atoms with Crippen LogP contribution in [0.5, 0.6) is 0 Å². The molecule has 0 aliphatic rings.